The number of alkyl halides is 3. The van der Waals surface area contributed by atoms with E-state index in [-0.39, 0.29) is 11.9 Å². The predicted octanol–water partition coefficient (Wildman–Crippen LogP) is 2.46. The highest BCUT2D eigenvalue weighted by Gasteiger charge is 2.34. The molecule has 6 heteroatoms. The Bertz CT molecular complexity index is 363. The number of nitrogens with one attached hydrogen (secondary N) is 1. The smallest absolute Gasteiger partial charge is 0.366 e. The molecule has 0 aliphatic heterocycles. The molecule has 0 aromatic carbocycles. The molecule has 0 saturated carbocycles. The second kappa shape index (κ2) is 5.35. The number of likely N-dealkylation sites (N-methyl/N-ethyl adjacent to an activating group) is 1. The van der Waals surface area contributed by atoms with E-state index in [1.54, 1.807) is 0 Å². The van der Waals surface area contributed by atoms with Crippen LogP contribution in [0.1, 0.15) is 12.5 Å². The largest absolute Gasteiger partial charge is 0.419 e. The fourth-order valence-electron chi connectivity index (χ4n) is 1.58. The summed E-state index contributed by atoms with van der Waals surface area (Å²) in [5, 5.41) is 2.78. The van der Waals surface area contributed by atoms with E-state index in [0.29, 0.717) is 6.54 Å². The zero-order chi connectivity index (χ0) is 13.1. The topological polar surface area (TPSA) is 28.2 Å². The van der Waals surface area contributed by atoms with Crippen molar-refractivity contribution in [3.63, 3.8) is 0 Å². The molecular weight excluding hydrogens is 231 g/mol. The highest BCUT2D eigenvalue weighted by atomic mass is 19.4. The third-order valence-electron chi connectivity index (χ3n) is 2.14. The summed E-state index contributed by atoms with van der Waals surface area (Å²) < 4.78 is 38.0. The molecule has 0 amide bonds. The van der Waals surface area contributed by atoms with Gasteiger partial charge in [-0.05, 0) is 33.2 Å². The summed E-state index contributed by atoms with van der Waals surface area (Å²) in [6.07, 6.45) is -3.03. The number of rotatable bonds is 4. The van der Waals surface area contributed by atoms with Crippen LogP contribution >= 0.6 is 0 Å². The minimum absolute atomic E-state index is 0.110. The predicted molar refractivity (Wildman–Crippen MR) is 60.9 cm³/mol. The van der Waals surface area contributed by atoms with Gasteiger partial charge in [-0.3, -0.25) is 0 Å². The maximum atomic E-state index is 12.7. The van der Waals surface area contributed by atoms with Gasteiger partial charge in [0, 0.05) is 18.8 Å². The molecule has 1 rings (SSSR count). The lowest BCUT2D eigenvalue weighted by Crippen LogP contribution is -2.30. The summed E-state index contributed by atoms with van der Waals surface area (Å²) in [5.41, 5.74) is -0.731. The quantitative estimate of drug-likeness (QED) is 0.885. The van der Waals surface area contributed by atoms with Crippen LogP contribution < -0.4 is 5.32 Å². The van der Waals surface area contributed by atoms with Gasteiger partial charge < -0.3 is 10.2 Å². The SMILES string of the molecule is CC(CN(C)C)Nc1ncccc1C(F)(F)F. The van der Waals surface area contributed by atoms with Crippen molar-refractivity contribution in [2.75, 3.05) is 26.0 Å². The summed E-state index contributed by atoms with van der Waals surface area (Å²) in [7, 11) is 3.72. The van der Waals surface area contributed by atoms with Crippen molar-refractivity contribution in [1.29, 1.82) is 0 Å². The Morgan fingerprint density at radius 3 is 2.59 bits per heavy atom. The molecular formula is C11H16F3N3. The summed E-state index contributed by atoms with van der Waals surface area (Å²) in [5.74, 6) is -0.116. The Hall–Kier alpha value is -1.30. The fraction of sp³-hybridized carbons (Fsp3) is 0.545. The van der Waals surface area contributed by atoms with E-state index in [1.807, 2.05) is 25.9 Å². The number of anilines is 1. The maximum absolute atomic E-state index is 12.7. The Balaban J connectivity index is 2.84. The Morgan fingerprint density at radius 1 is 1.41 bits per heavy atom. The van der Waals surface area contributed by atoms with Gasteiger partial charge in [-0.1, -0.05) is 0 Å². The van der Waals surface area contributed by atoms with Crippen molar-refractivity contribution >= 4 is 5.82 Å². The molecule has 0 bridgehead atoms. The van der Waals surface area contributed by atoms with E-state index in [9.17, 15) is 13.2 Å². The van der Waals surface area contributed by atoms with Crippen LogP contribution in [0.15, 0.2) is 18.3 Å². The van der Waals surface area contributed by atoms with Crippen molar-refractivity contribution in [3.05, 3.63) is 23.9 Å². The first-order chi connectivity index (χ1) is 7.80. The van der Waals surface area contributed by atoms with E-state index < -0.39 is 11.7 Å². The molecule has 0 radical (unpaired) electrons. The zero-order valence-electron chi connectivity index (χ0n) is 10.0. The average Bonchev–Trinajstić information content (AvgIpc) is 2.15. The van der Waals surface area contributed by atoms with Gasteiger partial charge in [0.15, 0.2) is 0 Å². The molecule has 1 unspecified atom stereocenters. The van der Waals surface area contributed by atoms with Gasteiger partial charge >= 0.3 is 6.18 Å². The molecule has 0 fully saturated rings. The number of hydrogen-bond acceptors (Lipinski definition) is 3. The van der Waals surface area contributed by atoms with Crippen LogP contribution in [-0.4, -0.2) is 36.6 Å². The summed E-state index contributed by atoms with van der Waals surface area (Å²) in [4.78, 5) is 5.64. The normalized spacial score (nSPS) is 13.8. The Kier molecular flexibility index (Phi) is 4.34. The highest BCUT2D eigenvalue weighted by Crippen LogP contribution is 2.33. The van der Waals surface area contributed by atoms with Crippen LogP contribution in [0, 0.1) is 0 Å². The van der Waals surface area contributed by atoms with Crippen molar-refractivity contribution in [3.8, 4) is 0 Å². The van der Waals surface area contributed by atoms with Gasteiger partial charge in [-0.25, -0.2) is 4.98 Å². The van der Waals surface area contributed by atoms with Gasteiger partial charge in [0.25, 0.3) is 0 Å². The lowest BCUT2D eigenvalue weighted by Gasteiger charge is -2.20. The van der Waals surface area contributed by atoms with Gasteiger partial charge in [-0.2, -0.15) is 13.2 Å². The molecule has 0 saturated heterocycles. The molecule has 1 aromatic heterocycles. The summed E-state index contributed by atoms with van der Waals surface area (Å²) in [6.45, 7) is 2.45. The number of pyridine rings is 1. The third kappa shape index (κ3) is 4.22. The highest BCUT2D eigenvalue weighted by molar-refractivity contribution is 5.46. The summed E-state index contributed by atoms with van der Waals surface area (Å²) >= 11 is 0. The lowest BCUT2D eigenvalue weighted by atomic mass is 10.2. The fourth-order valence-corrected chi connectivity index (χ4v) is 1.58. The number of halogens is 3. The van der Waals surface area contributed by atoms with Crippen molar-refractivity contribution in [1.82, 2.24) is 9.88 Å². The monoisotopic (exact) mass is 247 g/mol. The maximum Gasteiger partial charge on any atom is 0.419 e. The number of aromatic nitrogens is 1. The number of nitrogens with zero attached hydrogens (tertiary/aromatic N) is 2. The van der Waals surface area contributed by atoms with E-state index in [2.05, 4.69) is 10.3 Å². The molecule has 0 aliphatic carbocycles. The standard InChI is InChI=1S/C11H16F3N3/c1-8(7-17(2)3)16-10-9(11(12,13)14)5-4-6-15-10/h4-6,8H,7H2,1-3H3,(H,15,16). The van der Waals surface area contributed by atoms with Crippen molar-refractivity contribution < 1.29 is 13.2 Å². The van der Waals surface area contributed by atoms with Crippen LogP contribution in [0.4, 0.5) is 19.0 Å². The van der Waals surface area contributed by atoms with Crippen molar-refractivity contribution in [2.24, 2.45) is 0 Å². The van der Waals surface area contributed by atoms with Gasteiger partial charge in [-0.15, -0.1) is 0 Å². The Labute approximate surface area is 98.6 Å². The minimum atomic E-state index is -4.38. The van der Waals surface area contributed by atoms with Gasteiger partial charge in [0.2, 0.25) is 0 Å². The first-order valence-electron chi connectivity index (χ1n) is 5.24. The first-order valence-corrected chi connectivity index (χ1v) is 5.24. The average molecular weight is 247 g/mol. The second-order valence-electron chi connectivity index (χ2n) is 4.20. The first kappa shape index (κ1) is 13.8. The van der Waals surface area contributed by atoms with E-state index in [0.717, 1.165) is 6.07 Å². The minimum Gasteiger partial charge on any atom is -0.366 e. The molecule has 1 N–H and O–H groups in total. The van der Waals surface area contributed by atoms with Crippen LogP contribution in [0.3, 0.4) is 0 Å². The number of hydrogen-bond donors (Lipinski definition) is 1. The van der Waals surface area contributed by atoms with E-state index >= 15 is 0 Å². The zero-order valence-corrected chi connectivity index (χ0v) is 10.0. The van der Waals surface area contributed by atoms with Crippen molar-refractivity contribution in [2.45, 2.75) is 19.1 Å². The molecule has 3 nitrogen and oxygen atoms in total. The van der Waals surface area contributed by atoms with E-state index in [4.69, 9.17) is 0 Å². The summed E-state index contributed by atoms with van der Waals surface area (Å²) in [6, 6.07) is 2.20. The molecule has 0 aliphatic rings. The van der Waals surface area contributed by atoms with Crippen LogP contribution in [0.2, 0.25) is 0 Å². The van der Waals surface area contributed by atoms with E-state index in [1.165, 1.54) is 12.3 Å². The molecule has 1 heterocycles. The van der Waals surface area contributed by atoms with Gasteiger partial charge in [0.05, 0.1) is 5.56 Å². The van der Waals surface area contributed by atoms with Crippen LogP contribution in [0.25, 0.3) is 0 Å². The van der Waals surface area contributed by atoms with Crippen LogP contribution in [-0.2, 0) is 6.18 Å². The second-order valence-corrected chi connectivity index (χ2v) is 4.20. The Morgan fingerprint density at radius 2 is 2.06 bits per heavy atom. The molecule has 1 atom stereocenters. The molecule has 0 spiro atoms. The lowest BCUT2D eigenvalue weighted by molar-refractivity contribution is -0.137. The molecule has 1 aromatic rings. The molecule has 17 heavy (non-hydrogen) atoms. The molecule has 96 valence electrons. The van der Waals surface area contributed by atoms with Crippen LogP contribution in [0.5, 0.6) is 0 Å². The van der Waals surface area contributed by atoms with Gasteiger partial charge in [0.1, 0.15) is 5.82 Å². The third-order valence-corrected chi connectivity index (χ3v) is 2.14.